The summed E-state index contributed by atoms with van der Waals surface area (Å²) in [5, 5.41) is 0. The fourth-order valence-corrected chi connectivity index (χ4v) is 3.68. The number of amides is 1. The van der Waals surface area contributed by atoms with E-state index in [0.29, 0.717) is 11.6 Å². The molecule has 0 radical (unpaired) electrons. The third-order valence-electron chi connectivity index (χ3n) is 5.19. The normalized spacial score (nSPS) is 18.1. The topological polar surface area (TPSA) is 52.6 Å². The molecule has 1 aromatic heterocycles. The van der Waals surface area contributed by atoms with Crippen LogP contribution in [0.4, 0.5) is 11.6 Å². The highest BCUT2D eigenvalue weighted by Crippen LogP contribution is 2.18. The van der Waals surface area contributed by atoms with E-state index in [0.717, 1.165) is 39.3 Å². The van der Waals surface area contributed by atoms with Gasteiger partial charge in [0.15, 0.2) is 0 Å². The predicted octanol–water partition coefficient (Wildman–Crippen LogP) is 2.43. The number of piperazine rings is 1. The van der Waals surface area contributed by atoms with Gasteiger partial charge in [0.05, 0.1) is 0 Å². The Morgan fingerprint density at radius 2 is 1.54 bits per heavy atom. The van der Waals surface area contributed by atoms with Crippen LogP contribution in [-0.2, 0) is 0 Å². The summed E-state index contributed by atoms with van der Waals surface area (Å²) in [5.41, 5.74) is 1.72. The number of benzene rings is 1. The molecule has 0 bridgehead atoms. The van der Waals surface area contributed by atoms with E-state index < -0.39 is 0 Å². The fraction of sp³-hybridized carbons (Fsp3) is 0.450. The highest BCUT2D eigenvalue weighted by atomic mass is 16.2. The predicted molar refractivity (Wildman–Crippen MR) is 103 cm³/mol. The molecule has 6 heteroatoms. The first kappa shape index (κ1) is 16.8. The molecule has 4 rings (SSSR count). The second-order valence-electron chi connectivity index (χ2n) is 6.90. The summed E-state index contributed by atoms with van der Waals surface area (Å²) in [7, 11) is 0. The molecule has 0 spiro atoms. The van der Waals surface area contributed by atoms with Crippen molar-refractivity contribution in [2.75, 3.05) is 49.1 Å². The first-order chi connectivity index (χ1) is 12.8. The molecule has 0 unspecified atom stereocenters. The molecule has 2 aromatic rings. The van der Waals surface area contributed by atoms with E-state index in [4.69, 9.17) is 0 Å². The Hall–Kier alpha value is -2.63. The smallest absolute Gasteiger partial charge is 0.272 e. The van der Waals surface area contributed by atoms with Crippen molar-refractivity contribution in [1.29, 1.82) is 0 Å². The van der Waals surface area contributed by atoms with Gasteiger partial charge in [-0.1, -0.05) is 18.2 Å². The van der Waals surface area contributed by atoms with E-state index in [-0.39, 0.29) is 5.91 Å². The number of para-hydroxylation sites is 1. The van der Waals surface area contributed by atoms with E-state index in [1.807, 2.05) is 11.0 Å². The van der Waals surface area contributed by atoms with E-state index >= 15 is 0 Å². The molecule has 0 N–H and O–H groups in total. The Morgan fingerprint density at radius 1 is 0.808 bits per heavy atom. The molecule has 3 heterocycles. The highest BCUT2D eigenvalue weighted by molar-refractivity contribution is 5.92. The summed E-state index contributed by atoms with van der Waals surface area (Å²) >= 11 is 0. The van der Waals surface area contributed by atoms with Crippen LogP contribution >= 0.6 is 0 Å². The van der Waals surface area contributed by atoms with Crippen LogP contribution in [0.2, 0.25) is 0 Å². The quantitative estimate of drug-likeness (QED) is 0.850. The van der Waals surface area contributed by atoms with Gasteiger partial charge in [-0.15, -0.1) is 0 Å². The summed E-state index contributed by atoms with van der Waals surface area (Å²) < 4.78 is 0. The highest BCUT2D eigenvalue weighted by Gasteiger charge is 2.24. The van der Waals surface area contributed by atoms with Crippen molar-refractivity contribution in [3.63, 3.8) is 0 Å². The van der Waals surface area contributed by atoms with E-state index in [1.165, 1.54) is 24.9 Å². The zero-order valence-corrected chi connectivity index (χ0v) is 15.0. The van der Waals surface area contributed by atoms with Crippen LogP contribution < -0.4 is 9.80 Å². The van der Waals surface area contributed by atoms with Crippen LogP contribution in [0.5, 0.6) is 0 Å². The number of carbonyl (C=O) groups is 1. The van der Waals surface area contributed by atoms with Gasteiger partial charge in [0.2, 0.25) is 5.95 Å². The number of anilines is 2. The first-order valence-corrected chi connectivity index (χ1v) is 9.48. The lowest BCUT2D eigenvalue weighted by Crippen LogP contribution is -2.49. The van der Waals surface area contributed by atoms with Crippen molar-refractivity contribution in [1.82, 2.24) is 14.9 Å². The van der Waals surface area contributed by atoms with Gasteiger partial charge in [-0.2, -0.15) is 0 Å². The van der Waals surface area contributed by atoms with Gasteiger partial charge in [-0.25, -0.2) is 9.97 Å². The summed E-state index contributed by atoms with van der Waals surface area (Å²) in [4.78, 5) is 28.2. The molecule has 0 atom stereocenters. The lowest BCUT2D eigenvalue weighted by atomic mass is 10.1. The molecule has 2 saturated heterocycles. The van der Waals surface area contributed by atoms with Crippen LogP contribution in [0.15, 0.2) is 42.6 Å². The molecule has 2 fully saturated rings. The van der Waals surface area contributed by atoms with E-state index in [2.05, 4.69) is 44.0 Å². The molecule has 2 aliphatic rings. The number of hydrogen-bond acceptors (Lipinski definition) is 5. The molecule has 0 aliphatic carbocycles. The lowest BCUT2D eigenvalue weighted by Gasteiger charge is -2.36. The number of aromatic nitrogens is 2. The molecular formula is C20H25N5O. The number of hydrogen-bond donors (Lipinski definition) is 0. The third-order valence-corrected chi connectivity index (χ3v) is 5.19. The molecule has 136 valence electrons. The maximum Gasteiger partial charge on any atom is 0.272 e. The maximum atomic E-state index is 12.9. The number of carbonyl (C=O) groups excluding carboxylic acids is 1. The van der Waals surface area contributed by atoms with Crippen LogP contribution in [0.3, 0.4) is 0 Å². The molecule has 6 nitrogen and oxygen atoms in total. The fourth-order valence-electron chi connectivity index (χ4n) is 3.68. The minimum Gasteiger partial charge on any atom is -0.368 e. The second kappa shape index (κ2) is 7.72. The monoisotopic (exact) mass is 351 g/mol. The van der Waals surface area contributed by atoms with Gasteiger partial charge >= 0.3 is 0 Å². The summed E-state index contributed by atoms with van der Waals surface area (Å²) in [6.07, 6.45) is 5.32. The number of nitrogens with zero attached hydrogens (tertiary/aromatic N) is 5. The van der Waals surface area contributed by atoms with Crippen molar-refractivity contribution in [2.45, 2.75) is 19.3 Å². The Kier molecular flexibility index (Phi) is 5.00. The lowest BCUT2D eigenvalue weighted by molar-refractivity contribution is 0.0740. The van der Waals surface area contributed by atoms with Gasteiger partial charge < -0.3 is 14.7 Å². The Labute approximate surface area is 154 Å². The second-order valence-corrected chi connectivity index (χ2v) is 6.90. The number of piperidine rings is 1. The summed E-state index contributed by atoms with van der Waals surface area (Å²) in [6.45, 7) is 5.09. The van der Waals surface area contributed by atoms with Gasteiger partial charge in [-0.3, -0.25) is 4.79 Å². The molecule has 0 saturated carbocycles. The molecule has 2 aliphatic heterocycles. The standard InChI is InChI=1S/C20H25N5O/c26-19(18-9-10-21-20(22-18)25-11-5-2-6-12-25)24-15-13-23(14-16-24)17-7-3-1-4-8-17/h1,3-4,7-10H,2,5-6,11-16H2. The largest absolute Gasteiger partial charge is 0.368 e. The Bertz CT molecular complexity index is 737. The molecule has 1 amide bonds. The van der Waals surface area contributed by atoms with Crippen molar-refractivity contribution in [2.24, 2.45) is 0 Å². The van der Waals surface area contributed by atoms with Crippen molar-refractivity contribution in [3.8, 4) is 0 Å². The van der Waals surface area contributed by atoms with Crippen LogP contribution in [0, 0.1) is 0 Å². The van der Waals surface area contributed by atoms with Gasteiger partial charge in [0, 0.05) is 51.2 Å². The zero-order valence-electron chi connectivity index (χ0n) is 15.0. The Balaban J connectivity index is 1.40. The first-order valence-electron chi connectivity index (χ1n) is 9.48. The minimum atomic E-state index is 0.0124. The average molecular weight is 351 g/mol. The Morgan fingerprint density at radius 3 is 2.27 bits per heavy atom. The van der Waals surface area contributed by atoms with Gasteiger partial charge in [0.1, 0.15) is 5.69 Å². The van der Waals surface area contributed by atoms with Gasteiger partial charge in [0.25, 0.3) is 5.91 Å². The van der Waals surface area contributed by atoms with Gasteiger partial charge in [-0.05, 0) is 37.5 Å². The van der Waals surface area contributed by atoms with Crippen LogP contribution in [0.1, 0.15) is 29.8 Å². The molecule has 26 heavy (non-hydrogen) atoms. The van der Waals surface area contributed by atoms with Crippen LogP contribution in [0.25, 0.3) is 0 Å². The minimum absolute atomic E-state index is 0.0124. The maximum absolute atomic E-state index is 12.9. The van der Waals surface area contributed by atoms with Crippen molar-refractivity contribution in [3.05, 3.63) is 48.3 Å². The summed E-state index contributed by atoms with van der Waals surface area (Å²) in [6, 6.07) is 12.1. The SMILES string of the molecule is O=C(c1ccnc(N2CCCCC2)n1)N1CCN(c2ccccc2)CC1. The number of rotatable bonds is 3. The van der Waals surface area contributed by atoms with Crippen LogP contribution in [-0.4, -0.2) is 60.0 Å². The summed E-state index contributed by atoms with van der Waals surface area (Å²) in [5.74, 6) is 0.705. The average Bonchev–Trinajstić information content (AvgIpc) is 2.75. The molecular weight excluding hydrogens is 326 g/mol. The van der Waals surface area contributed by atoms with E-state index in [9.17, 15) is 4.79 Å². The van der Waals surface area contributed by atoms with Crippen molar-refractivity contribution < 1.29 is 4.79 Å². The molecule has 1 aromatic carbocycles. The third kappa shape index (κ3) is 3.64. The van der Waals surface area contributed by atoms with E-state index in [1.54, 1.807) is 12.3 Å². The zero-order chi connectivity index (χ0) is 17.8. The van der Waals surface area contributed by atoms with Crippen molar-refractivity contribution >= 4 is 17.5 Å².